The van der Waals surface area contributed by atoms with Gasteiger partial charge in [-0.2, -0.15) is 5.10 Å². The van der Waals surface area contributed by atoms with Crippen LogP contribution in [0.4, 0.5) is 21.7 Å². The number of aromatic nitrogens is 3. The zero-order chi connectivity index (χ0) is 22.3. The summed E-state index contributed by atoms with van der Waals surface area (Å²) >= 11 is 0. The molecule has 160 valence electrons. The van der Waals surface area contributed by atoms with Gasteiger partial charge in [-0.05, 0) is 53.9 Å². The van der Waals surface area contributed by atoms with Gasteiger partial charge in [0.1, 0.15) is 5.75 Å². The summed E-state index contributed by atoms with van der Waals surface area (Å²) in [4.78, 5) is 12.2. The summed E-state index contributed by atoms with van der Waals surface area (Å²) in [7, 11) is 0. The third kappa shape index (κ3) is 5.23. The van der Waals surface area contributed by atoms with Crippen molar-refractivity contribution in [1.82, 2.24) is 15.0 Å². The number of hydrogen-bond acceptors (Lipinski definition) is 7. The van der Waals surface area contributed by atoms with Gasteiger partial charge in [0.25, 0.3) is 0 Å². The molecule has 0 fully saturated rings. The Morgan fingerprint density at radius 1 is 1.00 bits per heavy atom. The average Bonchev–Trinajstić information content (AvgIpc) is 2.82. The third-order valence-corrected chi connectivity index (χ3v) is 4.66. The number of halogens is 1. The maximum absolute atomic E-state index is 12.8. The van der Waals surface area contributed by atoms with Gasteiger partial charge in [0.2, 0.25) is 5.95 Å². The second kappa shape index (κ2) is 9.65. The van der Waals surface area contributed by atoms with E-state index < -0.39 is 5.82 Å². The fourth-order valence-corrected chi connectivity index (χ4v) is 3.09. The summed E-state index contributed by atoms with van der Waals surface area (Å²) < 4.78 is 12.8. The van der Waals surface area contributed by atoms with Gasteiger partial charge in [-0.15, -0.1) is 0 Å². The lowest BCUT2D eigenvalue weighted by Crippen LogP contribution is -2.02. The van der Waals surface area contributed by atoms with E-state index in [0.717, 1.165) is 47.0 Å². The second-order valence-electron chi connectivity index (χ2n) is 6.93. The maximum Gasteiger partial charge on any atom is 0.243 e. The summed E-state index contributed by atoms with van der Waals surface area (Å²) in [5.74, 6) is -0.0657. The predicted octanol–water partition coefficient (Wildman–Crippen LogP) is 5.14. The SMILES string of the molecule is CCc1nc(/C=N/Nc2ncc(F)cn2)ccc1Nc1ccc(-c2cccc(O)c2)cc1. The molecule has 8 heteroatoms. The van der Waals surface area contributed by atoms with Gasteiger partial charge in [0, 0.05) is 5.69 Å². The van der Waals surface area contributed by atoms with Crippen LogP contribution in [-0.2, 0) is 6.42 Å². The number of aryl methyl sites for hydroxylation is 1. The molecule has 3 N–H and O–H groups in total. The lowest BCUT2D eigenvalue weighted by atomic mass is 10.1. The van der Waals surface area contributed by atoms with Gasteiger partial charge < -0.3 is 10.4 Å². The summed E-state index contributed by atoms with van der Waals surface area (Å²) in [5, 5.41) is 17.1. The molecule has 0 radical (unpaired) electrons. The summed E-state index contributed by atoms with van der Waals surface area (Å²) in [6.45, 7) is 2.03. The number of aromatic hydroxyl groups is 1. The van der Waals surface area contributed by atoms with E-state index in [1.165, 1.54) is 0 Å². The quantitative estimate of drug-likeness (QED) is 0.279. The highest BCUT2D eigenvalue weighted by molar-refractivity contribution is 5.79. The third-order valence-electron chi connectivity index (χ3n) is 4.66. The Bertz CT molecular complexity index is 1230. The molecule has 4 aromatic rings. The van der Waals surface area contributed by atoms with Crippen molar-refractivity contribution in [3.05, 3.63) is 90.3 Å². The molecule has 2 aromatic heterocycles. The molecular formula is C24H21FN6O. The fraction of sp³-hybridized carbons (Fsp3) is 0.0833. The van der Waals surface area contributed by atoms with Crippen molar-refractivity contribution in [2.24, 2.45) is 5.10 Å². The van der Waals surface area contributed by atoms with Gasteiger partial charge in [-0.25, -0.2) is 24.8 Å². The number of hydrazone groups is 1. The topological polar surface area (TPSA) is 95.3 Å². The summed E-state index contributed by atoms with van der Waals surface area (Å²) in [6, 6.07) is 18.9. The minimum absolute atomic E-state index is 0.200. The first-order chi connectivity index (χ1) is 15.6. The molecular weight excluding hydrogens is 407 g/mol. The lowest BCUT2D eigenvalue weighted by Gasteiger charge is -2.12. The Labute approximate surface area is 184 Å². The fourth-order valence-electron chi connectivity index (χ4n) is 3.09. The lowest BCUT2D eigenvalue weighted by molar-refractivity contribution is 0.475. The van der Waals surface area contributed by atoms with Gasteiger partial charge in [-0.1, -0.05) is 31.2 Å². The molecule has 0 aliphatic carbocycles. The first kappa shape index (κ1) is 20.9. The molecule has 2 aromatic carbocycles. The minimum atomic E-state index is -0.508. The largest absolute Gasteiger partial charge is 0.508 e. The number of nitrogens with one attached hydrogen (secondary N) is 2. The first-order valence-corrected chi connectivity index (χ1v) is 10.0. The van der Waals surface area contributed by atoms with Crippen LogP contribution in [-0.4, -0.2) is 26.3 Å². The molecule has 32 heavy (non-hydrogen) atoms. The molecule has 0 unspecified atom stereocenters. The number of hydrogen-bond donors (Lipinski definition) is 3. The Balaban J connectivity index is 1.44. The highest BCUT2D eigenvalue weighted by Gasteiger charge is 2.05. The Morgan fingerprint density at radius 2 is 1.78 bits per heavy atom. The summed E-state index contributed by atoms with van der Waals surface area (Å²) in [6.07, 6.45) is 4.42. The molecule has 4 rings (SSSR count). The van der Waals surface area contributed by atoms with Crippen LogP contribution in [0, 0.1) is 5.82 Å². The molecule has 0 aliphatic rings. The number of phenols is 1. The van der Waals surface area contributed by atoms with E-state index in [0.29, 0.717) is 5.69 Å². The van der Waals surface area contributed by atoms with Crippen LogP contribution in [0.15, 0.2) is 78.2 Å². The van der Waals surface area contributed by atoms with Gasteiger partial charge in [0.05, 0.1) is 35.7 Å². The average molecular weight is 428 g/mol. The van der Waals surface area contributed by atoms with Crippen molar-refractivity contribution in [3.8, 4) is 16.9 Å². The van der Waals surface area contributed by atoms with Crippen LogP contribution in [0.25, 0.3) is 11.1 Å². The second-order valence-corrected chi connectivity index (χ2v) is 6.93. The van der Waals surface area contributed by atoms with Crippen molar-refractivity contribution >= 4 is 23.5 Å². The van der Waals surface area contributed by atoms with Gasteiger partial charge >= 0.3 is 0 Å². The number of benzene rings is 2. The molecule has 0 atom stereocenters. The molecule has 0 amide bonds. The van der Waals surface area contributed by atoms with E-state index in [-0.39, 0.29) is 11.7 Å². The Morgan fingerprint density at radius 3 is 2.50 bits per heavy atom. The standard InChI is InChI=1S/C24H21FN6O/c1-2-22-23(11-10-20(30-22)15-28-31-24-26-13-18(25)14-27-24)29-19-8-6-16(7-9-19)17-4-3-5-21(32)12-17/h3-15,29,32H,2H2,1H3,(H,26,27,31)/b28-15+. The number of phenolic OH excluding ortho intramolecular Hbond substituents is 1. The van der Waals surface area contributed by atoms with Crippen LogP contribution < -0.4 is 10.7 Å². The van der Waals surface area contributed by atoms with Gasteiger partial charge in [-0.3, -0.25) is 0 Å². The number of anilines is 3. The molecule has 0 bridgehead atoms. The number of rotatable bonds is 7. The smallest absolute Gasteiger partial charge is 0.243 e. The van der Waals surface area contributed by atoms with Crippen molar-refractivity contribution in [2.45, 2.75) is 13.3 Å². The monoisotopic (exact) mass is 428 g/mol. The highest BCUT2D eigenvalue weighted by Crippen LogP contribution is 2.26. The van der Waals surface area contributed by atoms with Crippen molar-refractivity contribution in [3.63, 3.8) is 0 Å². The highest BCUT2D eigenvalue weighted by atomic mass is 19.1. The van der Waals surface area contributed by atoms with Crippen LogP contribution in [0.5, 0.6) is 5.75 Å². The van der Waals surface area contributed by atoms with E-state index in [1.807, 2.05) is 55.5 Å². The molecule has 0 spiro atoms. The number of pyridine rings is 1. The van der Waals surface area contributed by atoms with Crippen LogP contribution in [0.2, 0.25) is 0 Å². The number of nitrogens with zero attached hydrogens (tertiary/aromatic N) is 4. The van der Waals surface area contributed by atoms with E-state index in [2.05, 4.69) is 30.8 Å². The van der Waals surface area contributed by atoms with E-state index in [9.17, 15) is 9.50 Å². The Hall–Kier alpha value is -4.33. The molecule has 7 nitrogen and oxygen atoms in total. The normalized spacial score (nSPS) is 10.9. The first-order valence-electron chi connectivity index (χ1n) is 10.0. The van der Waals surface area contributed by atoms with Gasteiger partial charge in [0.15, 0.2) is 5.82 Å². The molecule has 2 heterocycles. The molecule has 0 saturated carbocycles. The minimum Gasteiger partial charge on any atom is -0.508 e. The van der Waals surface area contributed by atoms with E-state index in [4.69, 9.17) is 0 Å². The van der Waals surface area contributed by atoms with E-state index in [1.54, 1.807) is 18.3 Å². The van der Waals surface area contributed by atoms with Crippen LogP contribution in [0.3, 0.4) is 0 Å². The van der Waals surface area contributed by atoms with Crippen LogP contribution >= 0.6 is 0 Å². The Kier molecular flexibility index (Phi) is 6.31. The van der Waals surface area contributed by atoms with Crippen molar-refractivity contribution < 1.29 is 9.50 Å². The van der Waals surface area contributed by atoms with Crippen LogP contribution in [0.1, 0.15) is 18.3 Å². The van der Waals surface area contributed by atoms with E-state index >= 15 is 0 Å². The summed E-state index contributed by atoms with van der Waals surface area (Å²) in [5.41, 5.74) is 8.02. The molecule has 0 saturated heterocycles. The molecule has 0 aliphatic heterocycles. The van der Waals surface area contributed by atoms with Crippen molar-refractivity contribution in [1.29, 1.82) is 0 Å². The predicted molar refractivity (Wildman–Crippen MR) is 124 cm³/mol. The van der Waals surface area contributed by atoms with Crippen molar-refractivity contribution in [2.75, 3.05) is 10.7 Å². The maximum atomic E-state index is 12.8. The zero-order valence-corrected chi connectivity index (χ0v) is 17.3. The zero-order valence-electron chi connectivity index (χ0n) is 17.3.